The van der Waals surface area contributed by atoms with E-state index in [4.69, 9.17) is 0 Å². The molecule has 4 heteroatoms. The average molecular weight is 283 g/mol. The molecule has 0 aliphatic heterocycles. The number of likely N-dealkylation sites (N-methyl/N-ethyl adjacent to an activating group) is 1. The Bertz CT molecular complexity index is 590. The predicted octanol–water partition coefficient (Wildman–Crippen LogP) is 3.40. The first kappa shape index (κ1) is 15.0. The summed E-state index contributed by atoms with van der Waals surface area (Å²) in [4.78, 5) is 17.8. The van der Waals surface area contributed by atoms with Crippen molar-refractivity contribution < 1.29 is 4.79 Å². The Hall–Kier alpha value is -2.36. The first-order chi connectivity index (χ1) is 10.0. The predicted molar refractivity (Wildman–Crippen MR) is 85.5 cm³/mol. The van der Waals surface area contributed by atoms with Crippen LogP contribution in [-0.2, 0) is 6.42 Å². The molecule has 0 radical (unpaired) electrons. The highest BCUT2D eigenvalue weighted by Gasteiger charge is 2.09. The molecular weight excluding hydrogens is 262 g/mol. The van der Waals surface area contributed by atoms with E-state index in [1.54, 1.807) is 24.3 Å². The Morgan fingerprint density at radius 2 is 1.76 bits per heavy atom. The SMILES string of the molecule is Cc1cc(C)cc(NC(=O)N(C)CCc2ccncc2)c1. The maximum atomic E-state index is 12.2. The van der Waals surface area contributed by atoms with Gasteiger partial charge in [-0.05, 0) is 61.2 Å². The Morgan fingerprint density at radius 1 is 1.14 bits per heavy atom. The maximum absolute atomic E-state index is 12.2. The second-order valence-corrected chi connectivity index (χ2v) is 5.33. The molecule has 2 rings (SSSR count). The number of aryl methyl sites for hydroxylation is 2. The van der Waals surface area contributed by atoms with Crippen molar-refractivity contribution >= 4 is 11.7 Å². The molecule has 1 heterocycles. The molecule has 2 amide bonds. The van der Waals surface area contributed by atoms with Crippen molar-refractivity contribution in [1.82, 2.24) is 9.88 Å². The maximum Gasteiger partial charge on any atom is 0.321 e. The zero-order valence-electron chi connectivity index (χ0n) is 12.8. The summed E-state index contributed by atoms with van der Waals surface area (Å²) in [6.45, 7) is 4.71. The first-order valence-electron chi connectivity index (χ1n) is 7.04. The Labute approximate surface area is 125 Å². The largest absolute Gasteiger partial charge is 0.327 e. The van der Waals surface area contributed by atoms with Crippen molar-refractivity contribution in [3.8, 4) is 0 Å². The number of hydrogen-bond acceptors (Lipinski definition) is 2. The summed E-state index contributed by atoms with van der Waals surface area (Å²) in [5.41, 5.74) is 4.30. The van der Waals surface area contributed by atoms with Crippen molar-refractivity contribution in [2.24, 2.45) is 0 Å². The van der Waals surface area contributed by atoms with Crippen molar-refractivity contribution in [1.29, 1.82) is 0 Å². The molecular formula is C17H21N3O. The van der Waals surface area contributed by atoms with Gasteiger partial charge in [0.2, 0.25) is 0 Å². The van der Waals surface area contributed by atoms with E-state index in [9.17, 15) is 4.79 Å². The van der Waals surface area contributed by atoms with E-state index >= 15 is 0 Å². The fourth-order valence-electron chi connectivity index (χ4n) is 2.21. The van der Waals surface area contributed by atoms with Crippen LogP contribution in [0.5, 0.6) is 0 Å². The van der Waals surface area contributed by atoms with Crippen LogP contribution in [0.15, 0.2) is 42.7 Å². The minimum atomic E-state index is -0.0888. The zero-order chi connectivity index (χ0) is 15.2. The summed E-state index contributed by atoms with van der Waals surface area (Å²) in [5.74, 6) is 0. The van der Waals surface area contributed by atoms with Crippen molar-refractivity contribution in [3.05, 3.63) is 59.4 Å². The number of carbonyl (C=O) groups is 1. The van der Waals surface area contributed by atoms with E-state index in [-0.39, 0.29) is 6.03 Å². The molecule has 0 fully saturated rings. The van der Waals surface area contributed by atoms with Gasteiger partial charge in [-0.25, -0.2) is 4.79 Å². The smallest absolute Gasteiger partial charge is 0.321 e. The monoisotopic (exact) mass is 283 g/mol. The van der Waals surface area contributed by atoms with Crippen molar-refractivity contribution in [2.75, 3.05) is 18.9 Å². The van der Waals surface area contributed by atoms with Gasteiger partial charge in [0, 0.05) is 31.7 Å². The molecule has 0 aliphatic carbocycles. The number of urea groups is 1. The third-order valence-corrected chi connectivity index (χ3v) is 3.30. The minimum Gasteiger partial charge on any atom is -0.327 e. The fourth-order valence-corrected chi connectivity index (χ4v) is 2.21. The minimum absolute atomic E-state index is 0.0888. The van der Waals surface area contributed by atoms with Gasteiger partial charge in [0.15, 0.2) is 0 Å². The average Bonchev–Trinajstić information content (AvgIpc) is 2.44. The summed E-state index contributed by atoms with van der Waals surface area (Å²) < 4.78 is 0. The highest BCUT2D eigenvalue weighted by atomic mass is 16.2. The number of nitrogens with zero attached hydrogens (tertiary/aromatic N) is 2. The highest BCUT2D eigenvalue weighted by Crippen LogP contribution is 2.14. The third-order valence-electron chi connectivity index (χ3n) is 3.30. The summed E-state index contributed by atoms with van der Waals surface area (Å²) in [6, 6.07) is 9.88. The Balaban J connectivity index is 1.90. The van der Waals surface area contributed by atoms with Crippen LogP contribution >= 0.6 is 0 Å². The second kappa shape index (κ2) is 6.88. The van der Waals surface area contributed by atoms with E-state index in [1.807, 2.05) is 38.1 Å². The van der Waals surface area contributed by atoms with Crippen LogP contribution in [0, 0.1) is 13.8 Å². The third kappa shape index (κ3) is 4.60. The number of amides is 2. The molecule has 1 aromatic heterocycles. The number of rotatable bonds is 4. The van der Waals surface area contributed by atoms with Gasteiger partial charge in [0.1, 0.15) is 0 Å². The number of nitrogens with one attached hydrogen (secondary N) is 1. The number of hydrogen-bond donors (Lipinski definition) is 1. The lowest BCUT2D eigenvalue weighted by Gasteiger charge is -2.18. The molecule has 0 saturated heterocycles. The van der Waals surface area contributed by atoms with Gasteiger partial charge >= 0.3 is 6.03 Å². The number of carbonyl (C=O) groups excluding carboxylic acids is 1. The van der Waals surface area contributed by atoms with E-state index in [2.05, 4.69) is 16.4 Å². The molecule has 110 valence electrons. The summed E-state index contributed by atoms with van der Waals surface area (Å²) in [6.07, 6.45) is 4.36. The standard InChI is InChI=1S/C17H21N3O/c1-13-10-14(2)12-16(11-13)19-17(21)20(3)9-6-15-4-7-18-8-5-15/h4-5,7-8,10-12H,6,9H2,1-3H3,(H,19,21). The van der Waals surface area contributed by atoms with Gasteiger partial charge in [0.25, 0.3) is 0 Å². The summed E-state index contributed by atoms with van der Waals surface area (Å²) in [5, 5.41) is 2.93. The van der Waals surface area contributed by atoms with E-state index in [0.717, 1.165) is 23.2 Å². The number of pyridine rings is 1. The molecule has 0 aliphatic rings. The fraction of sp³-hybridized carbons (Fsp3) is 0.294. The lowest BCUT2D eigenvalue weighted by Crippen LogP contribution is -2.33. The van der Waals surface area contributed by atoms with Crippen LogP contribution < -0.4 is 5.32 Å². The van der Waals surface area contributed by atoms with Crippen LogP contribution in [0.25, 0.3) is 0 Å². The highest BCUT2D eigenvalue weighted by molar-refractivity contribution is 5.89. The number of aromatic nitrogens is 1. The van der Waals surface area contributed by atoms with E-state index in [0.29, 0.717) is 6.54 Å². The van der Waals surface area contributed by atoms with Crippen LogP contribution in [0.3, 0.4) is 0 Å². The molecule has 0 saturated carbocycles. The molecule has 4 nitrogen and oxygen atoms in total. The van der Waals surface area contributed by atoms with E-state index < -0.39 is 0 Å². The molecule has 0 spiro atoms. The summed E-state index contributed by atoms with van der Waals surface area (Å²) in [7, 11) is 1.80. The zero-order valence-corrected chi connectivity index (χ0v) is 12.8. The lowest BCUT2D eigenvalue weighted by molar-refractivity contribution is 0.223. The normalized spacial score (nSPS) is 10.2. The van der Waals surface area contributed by atoms with Gasteiger partial charge in [-0.3, -0.25) is 4.98 Å². The van der Waals surface area contributed by atoms with Crippen molar-refractivity contribution in [2.45, 2.75) is 20.3 Å². The molecule has 1 N–H and O–H groups in total. The summed E-state index contributed by atoms with van der Waals surface area (Å²) >= 11 is 0. The second-order valence-electron chi connectivity index (χ2n) is 5.33. The van der Waals surface area contributed by atoms with Gasteiger partial charge in [-0.2, -0.15) is 0 Å². The van der Waals surface area contributed by atoms with Gasteiger partial charge in [-0.1, -0.05) is 6.07 Å². The van der Waals surface area contributed by atoms with Crippen LogP contribution in [0.4, 0.5) is 10.5 Å². The molecule has 0 unspecified atom stereocenters. The molecule has 0 atom stereocenters. The van der Waals surface area contributed by atoms with Crippen LogP contribution in [0.2, 0.25) is 0 Å². The number of benzene rings is 1. The molecule has 0 bridgehead atoms. The Kier molecular flexibility index (Phi) is 4.93. The Morgan fingerprint density at radius 3 is 2.38 bits per heavy atom. The van der Waals surface area contributed by atoms with Gasteiger partial charge < -0.3 is 10.2 Å². The molecule has 1 aromatic carbocycles. The lowest BCUT2D eigenvalue weighted by atomic mass is 10.1. The molecule has 2 aromatic rings. The van der Waals surface area contributed by atoms with Crippen LogP contribution in [0.1, 0.15) is 16.7 Å². The quantitative estimate of drug-likeness (QED) is 0.934. The van der Waals surface area contributed by atoms with Gasteiger partial charge in [-0.15, -0.1) is 0 Å². The van der Waals surface area contributed by atoms with Crippen LogP contribution in [-0.4, -0.2) is 29.5 Å². The number of anilines is 1. The first-order valence-corrected chi connectivity index (χ1v) is 7.04. The van der Waals surface area contributed by atoms with Gasteiger partial charge in [0.05, 0.1) is 0 Å². The topological polar surface area (TPSA) is 45.2 Å². The van der Waals surface area contributed by atoms with E-state index in [1.165, 1.54) is 5.56 Å². The van der Waals surface area contributed by atoms with Crippen molar-refractivity contribution in [3.63, 3.8) is 0 Å². The molecule has 21 heavy (non-hydrogen) atoms.